The molecule has 0 saturated carbocycles. The number of benzene rings is 3. The van der Waals surface area contributed by atoms with Crippen molar-refractivity contribution in [1.82, 2.24) is 9.88 Å². The van der Waals surface area contributed by atoms with Crippen molar-refractivity contribution in [2.24, 2.45) is 0 Å². The third kappa shape index (κ3) is 4.77. The minimum absolute atomic E-state index is 0.0954. The van der Waals surface area contributed by atoms with E-state index >= 15 is 0 Å². The van der Waals surface area contributed by atoms with Gasteiger partial charge in [-0.1, -0.05) is 34.1 Å². The molecule has 1 N–H and O–H groups in total. The number of H-pyrrole nitrogens is 1. The third-order valence-electron chi connectivity index (χ3n) is 6.77. The quantitative estimate of drug-likeness (QED) is 0.300. The Labute approximate surface area is 228 Å². The Balaban J connectivity index is 1.48. The lowest BCUT2D eigenvalue weighted by molar-refractivity contribution is -0.122. The number of nitrogens with zero attached hydrogens (tertiary/aromatic N) is 2. The Morgan fingerprint density at radius 3 is 2.50 bits per heavy atom. The highest BCUT2D eigenvalue weighted by Crippen LogP contribution is 2.31. The van der Waals surface area contributed by atoms with Gasteiger partial charge in [-0.05, 0) is 60.5 Å². The van der Waals surface area contributed by atoms with Crippen molar-refractivity contribution in [2.75, 3.05) is 25.7 Å². The van der Waals surface area contributed by atoms with Gasteiger partial charge in [-0.2, -0.15) is 0 Å². The van der Waals surface area contributed by atoms with E-state index in [1.165, 1.54) is 19.1 Å². The van der Waals surface area contributed by atoms with Crippen molar-refractivity contribution in [2.45, 2.75) is 18.9 Å². The number of carbonyl (C=O) groups excluding carboxylic acids is 3. The molecule has 0 aliphatic carbocycles. The van der Waals surface area contributed by atoms with Gasteiger partial charge < -0.3 is 19.4 Å². The van der Waals surface area contributed by atoms with E-state index in [0.717, 1.165) is 25.8 Å². The van der Waals surface area contributed by atoms with Crippen molar-refractivity contribution in [3.05, 3.63) is 88.5 Å². The first kappa shape index (κ1) is 25.5. The fourth-order valence-corrected chi connectivity index (χ4v) is 5.10. The number of rotatable bonds is 8. The number of anilines is 1. The molecule has 8 nitrogen and oxygen atoms in total. The number of hydrogen-bond donors (Lipinski definition) is 1. The molecule has 1 aliphatic heterocycles. The highest BCUT2D eigenvalue weighted by atomic mass is 79.9. The van der Waals surface area contributed by atoms with Gasteiger partial charge >= 0.3 is 0 Å². The number of aromatic nitrogens is 1. The number of para-hydroxylation sites is 1. The molecule has 1 fully saturated rings. The second kappa shape index (κ2) is 10.7. The molecule has 0 spiro atoms. The van der Waals surface area contributed by atoms with Crippen molar-refractivity contribution in [3.8, 4) is 11.5 Å². The van der Waals surface area contributed by atoms with E-state index in [4.69, 9.17) is 9.47 Å². The molecule has 0 bridgehead atoms. The Kier molecular flexibility index (Phi) is 7.20. The smallest absolute Gasteiger partial charge is 0.257 e. The summed E-state index contributed by atoms with van der Waals surface area (Å²) in [5.74, 6) is -0.248. The van der Waals surface area contributed by atoms with Gasteiger partial charge in [-0.15, -0.1) is 0 Å². The van der Waals surface area contributed by atoms with Crippen LogP contribution in [0.3, 0.4) is 0 Å². The SMILES string of the molecule is COc1ccc(C(=O)N(CCc2c[nH]c3ccccc23)C2CC(=O)N(c3ccc(Br)cc3)C2=O)cc1OC. The fraction of sp³-hybridized carbons (Fsp3) is 0.207. The maximum absolute atomic E-state index is 13.9. The predicted octanol–water partition coefficient (Wildman–Crippen LogP) is 4.96. The van der Waals surface area contributed by atoms with Crippen LogP contribution in [0, 0.1) is 0 Å². The molecule has 0 radical (unpaired) electrons. The van der Waals surface area contributed by atoms with Gasteiger partial charge in [-0.3, -0.25) is 14.4 Å². The molecule has 38 heavy (non-hydrogen) atoms. The molecule has 2 heterocycles. The molecule has 1 atom stereocenters. The number of nitrogens with one attached hydrogen (secondary N) is 1. The first-order valence-electron chi connectivity index (χ1n) is 12.1. The zero-order valence-corrected chi connectivity index (χ0v) is 22.5. The first-order chi connectivity index (χ1) is 18.4. The highest BCUT2D eigenvalue weighted by Gasteiger charge is 2.44. The normalized spacial score (nSPS) is 15.2. The minimum atomic E-state index is -0.933. The van der Waals surface area contributed by atoms with Crippen LogP contribution in [0.1, 0.15) is 22.3 Å². The summed E-state index contributed by atoms with van der Waals surface area (Å²) in [6.45, 7) is 0.243. The number of aromatic amines is 1. The van der Waals surface area contributed by atoms with Gasteiger partial charge in [0.1, 0.15) is 6.04 Å². The van der Waals surface area contributed by atoms with Crippen molar-refractivity contribution in [1.29, 1.82) is 0 Å². The van der Waals surface area contributed by atoms with Crippen LogP contribution in [0.2, 0.25) is 0 Å². The van der Waals surface area contributed by atoms with Crippen LogP contribution in [0.15, 0.2) is 77.4 Å². The zero-order valence-electron chi connectivity index (χ0n) is 20.9. The average molecular weight is 576 g/mol. The van der Waals surface area contributed by atoms with Crippen LogP contribution in [0.5, 0.6) is 11.5 Å². The molecular formula is C29H26BrN3O5. The summed E-state index contributed by atoms with van der Waals surface area (Å²) in [7, 11) is 3.02. The van der Waals surface area contributed by atoms with Gasteiger partial charge in [0.25, 0.3) is 11.8 Å². The van der Waals surface area contributed by atoms with Crippen LogP contribution in [0.25, 0.3) is 10.9 Å². The Bertz CT molecular complexity index is 1510. The van der Waals surface area contributed by atoms with E-state index in [2.05, 4.69) is 20.9 Å². The topological polar surface area (TPSA) is 91.9 Å². The predicted molar refractivity (Wildman–Crippen MR) is 148 cm³/mol. The Morgan fingerprint density at radius 1 is 1.03 bits per heavy atom. The number of halogens is 1. The lowest BCUT2D eigenvalue weighted by Crippen LogP contribution is -2.46. The molecule has 1 aromatic heterocycles. The van der Waals surface area contributed by atoms with E-state index in [1.54, 1.807) is 42.5 Å². The number of carbonyl (C=O) groups is 3. The molecule has 194 valence electrons. The summed E-state index contributed by atoms with van der Waals surface area (Å²) in [5.41, 5.74) is 2.82. The van der Waals surface area contributed by atoms with Crippen LogP contribution < -0.4 is 14.4 Å². The van der Waals surface area contributed by atoms with E-state index in [1.807, 2.05) is 30.5 Å². The monoisotopic (exact) mass is 575 g/mol. The maximum atomic E-state index is 13.9. The number of amides is 3. The summed E-state index contributed by atoms with van der Waals surface area (Å²) < 4.78 is 11.5. The lowest BCUT2D eigenvalue weighted by Gasteiger charge is -2.28. The molecule has 3 aromatic carbocycles. The Hall–Kier alpha value is -4.11. The van der Waals surface area contributed by atoms with Gasteiger partial charge in [0.15, 0.2) is 11.5 Å². The minimum Gasteiger partial charge on any atom is -0.493 e. The van der Waals surface area contributed by atoms with E-state index in [-0.39, 0.29) is 24.8 Å². The number of fused-ring (bicyclic) bond motifs is 1. The summed E-state index contributed by atoms with van der Waals surface area (Å²) in [4.78, 5) is 46.5. The van der Waals surface area contributed by atoms with E-state index in [9.17, 15) is 14.4 Å². The molecule has 5 rings (SSSR count). The largest absolute Gasteiger partial charge is 0.493 e. The van der Waals surface area contributed by atoms with Crippen molar-refractivity contribution < 1.29 is 23.9 Å². The third-order valence-corrected chi connectivity index (χ3v) is 7.30. The van der Waals surface area contributed by atoms with Crippen LogP contribution >= 0.6 is 15.9 Å². The number of methoxy groups -OCH3 is 2. The van der Waals surface area contributed by atoms with Gasteiger partial charge in [-0.25, -0.2) is 4.90 Å². The van der Waals surface area contributed by atoms with E-state index in [0.29, 0.717) is 29.2 Å². The molecule has 1 aliphatic rings. The maximum Gasteiger partial charge on any atom is 0.257 e. The summed E-state index contributed by atoms with van der Waals surface area (Å²) in [5, 5.41) is 1.05. The molecular weight excluding hydrogens is 550 g/mol. The molecule has 1 unspecified atom stereocenters. The number of ether oxygens (including phenoxy) is 2. The van der Waals surface area contributed by atoms with Crippen LogP contribution in [0.4, 0.5) is 5.69 Å². The fourth-order valence-electron chi connectivity index (χ4n) is 4.83. The zero-order chi connectivity index (χ0) is 26.8. The molecule has 3 amide bonds. The molecule has 4 aromatic rings. The van der Waals surface area contributed by atoms with Crippen molar-refractivity contribution >= 4 is 50.2 Å². The van der Waals surface area contributed by atoms with Crippen molar-refractivity contribution in [3.63, 3.8) is 0 Å². The summed E-state index contributed by atoms with van der Waals surface area (Å²) in [6, 6.07) is 18.8. The van der Waals surface area contributed by atoms with Gasteiger partial charge in [0.2, 0.25) is 5.91 Å². The number of hydrogen-bond acceptors (Lipinski definition) is 5. The molecule has 1 saturated heterocycles. The number of imide groups is 1. The summed E-state index contributed by atoms with van der Waals surface area (Å²) >= 11 is 3.38. The van der Waals surface area contributed by atoms with Crippen LogP contribution in [-0.2, 0) is 16.0 Å². The lowest BCUT2D eigenvalue weighted by atomic mass is 10.1. The summed E-state index contributed by atoms with van der Waals surface area (Å²) in [6.07, 6.45) is 2.32. The van der Waals surface area contributed by atoms with Gasteiger partial charge in [0, 0.05) is 33.7 Å². The first-order valence-corrected chi connectivity index (χ1v) is 12.9. The van der Waals surface area contributed by atoms with Crippen LogP contribution in [-0.4, -0.2) is 54.4 Å². The molecule has 9 heteroatoms. The van der Waals surface area contributed by atoms with Gasteiger partial charge in [0.05, 0.1) is 26.3 Å². The Morgan fingerprint density at radius 2 is 1.76 bits per heavy atom. The second-order valence-corrected chi connectivity index (χ2v) is 9.86. The highest BCUT2D eigenvalue weighted by molar-refractivity contribution is 9.10. The average Bonchev–Trinajstić information content (AvgIpc) is 3.48. The van der Waals surface area contributed by atoms with E-state index < -0.39 is 11.9 Å². The standard InChI is InChI=1S/C29H26BrN3O5/c1-37-25-12-7-18(15-26(25)38-2)28(35)32(14-13-19-17-31-23-6-4-3-5-22(19)23)24-16-27(34)33(29(24)36)21-10-8-20(30)9-11-21/h3-12,15,17,24,31H,13-14,16H2,1-2H3. The second-order valence-electron chi connectivity index (χ2n) is 8.94.